The summed E-state index contributed by atoms with van der Waals surface area (Å²) in [4.78, 5) is 11.9. The molecule has 2 aromatic rings. The predicted octanol–water partition coefficient (Wildman–Crippen LogP) is 3.29. The van der Waals surface area contributed by atoms with Crippen LogP contribution in [0, 0.1) is 13.8 Å². The first-order valence-electron chi connectivity index (χ1n) is 6.90. The van der Waals surface area contributed by atoms with Crippen molar-refractivity contribution in [1.82, 2.24) is 0 Å². The summed E-state index contributed by atoms with van der Waals surface area (Å²) in [5.74, 6) is 0.663. The van der Waals surface area contributed by atoms with E-state index in [1.165, 1.54) is 0 Å². The van der Waals surface area contributed by atoms with Crippen LogP contribution < -0.4 is 15.8 Å². The topological polar surface area (TPSA) is 64.3 Å². The lowest BCUT2D eigenvalue weighted by Gasteiger charge is -2.10. The van der Waals surface area contributed by atoms with Crippen LogP contribution in [0.4, 0.5) is 11.4 Å². The molecule has 0 atom stereocenters. The monoisotopic (exact) mass is 284 g/mol. The van der Waals surface area contributed by atoms with Crippen molar-refractivity contribution in [3.63, 3.8) is 0 Å². The van der Waals surface area contributed by atoms with Gasteiger partial charge in [-0.05, 0) is 49.2 Å². The molecule has 0 spiro atoms. The van der Waals surface area contributed by atoms with Crippen LogP contribution in [0.15, 0.2) is 42.5 Å². The van der Waals surface area contributed by atoms with E-state index in [9.17, 15) is 4.79 Å². The van der Waals surface area contributed by atoms with Gasteiger partial charge in [-0.25, -0.2) is 0 Å². The molecule has 2 aromatic carbocycles. The smallest absolute Gasteiger partial charge is 0.227 e. The van der Waals surface area contributed by atoms with E-state index in [2.05, 4.69) is 5.32 Å². The second kappa shape index (κ2) is 6.79. The van der Waals surface area contributed by atoms with Crippen LogP contribution in [0.3, 0.4) is 0 Å². The quantitative estimate of drug-likeness (QED) is 0.828. The number of nitrogens with two attached hydrogens (primary N) is 1. The molecule has 1 amide bonds. The Labute approximate surface area is 124 Å². The number of benzene rings is 2. The van der Waals surface area contributed by atoms with Gasteiger partial charge in [-0.1, -0.05) is 18.2 Å². The van der Waals surface area contributed by atoms with E-state index in [4.69, 9.17) is 10.5 Å². The largest absolute Gasteiger partial charge is 0.493 e. The summed E-state index contributed by atoms with van der Waals surface area (Å²) in [5, 5.41) is 2.79. The molecule has 0 aliphatic heterocycles. The molecule has 2 rings (SSSR count). The van der Waals surface area contributed by atoms with Crippen LogP contribution in [0.5, 0.6) is 5.75 Å². The fraction of sp³-hybridized carbons (Fsp3) is 0.235. The van der Waals surface area contributed by atoms with E-state index in [0.29, 0.717) is 18.0 Å². The molecule has 4 heteroatoms. The SMILES string of the molecule is Cc1cccc(OCCC(=O)Nc2ccc(C)cc2N)c1. The van der Waals surface area contributed by atoms with Gasteiger partial charge >= 0.3 is 0 Å². The maximum atomic E-state index is 11.9. The maximum Gasteiger partial charge on any atom is 0.227 e. The number of hydrogen-bond acceptors (Lipinski definition) is 3. The third-order valence-corrected chi connectivity index (χ3v) is 3.07. The second-order valence-corrected chi connectivity index (χ2v) is 5.05. The fourth-order valence-corrected chi connectivity index (χ4v) is 1.98. The molecule has 0 unspecified atom stereocenters. The van der Waals surface area contributed by atoms with Crippen LogP contribution in [-0.2, 0) is 4.79 Å². The molecule has 0 saturated heterocycles. The summed E-state index contributed by atoms with van der Waals surface area (Å²) in [6.45, 7) is 4.29. The van der Waals surface area contributed by atoms with Gasteiger partial charge in [0.2, 0.25) is 5.91 Å². The fourth-order valence-electron chi connectivity index (χ4n) is 1.98. The zero-order chi connectivity index (χ0) is 15.2. The van der Waals surface area contributed by atoms with Crippen molar-refractivity contribution >= 4 is 17.3 Å². The van der Waals surface area contributed by atoms with Crippen molar-refractivity contribution in [1.29, 1.82) is 0 Å². The van der Waals surface area contributed by atoms with Gasteiger partial charge in [0.05, 0.1) is 24.4 Å². The zero-order valence-electron chi connectivity index (χ0n) is 12.3. The molecule has 110 valence electrons. The van der Waals surface area contributed by atoms with E-state index < -0.39 is 0 Å². The Morgan fingerprint density at radius 3 is 2.62 bits per heavy atom. The number of amides is 1. The average Bonchev–Trinajstić information content (AvgIpc) is 2.42. The van der Waals surface area contributed by atoms with Crippen LogP contribution in [0.2, 0.25) is 0 Å². The van der Waals surface area contributed by atoms with Gasteiger partial charge in [-0.15, -0.1) is 0 Å². The Hall–Kier alpha value is -2.49. The first-order valence-corrected chi connectivity index (χ1v) is 6.90. The number of rotatable bonds is 5. The number of ether oxygens (including phenoxy) is 1. The highest BCUT2D eigenvalue weighted by Gasteiger charge is 2.06. The average molecular weight is 284 g/mol. The summed E-state index contributed by atoms with van der Waals surface area (Å²) in [7, 11) is 0. The number of carbonyl (C=O) groups is 1. The summed E-state index contributed by atoms with van der Waals surface area (Å²) in [6.07, 6.45) is 0.279. The van der Waals surface area contributed by atoms with Crippen molar-refractivity contribution in [3.8, 4) is 5.75 Å². The number of nitrogens with one attached hydrogen (secondary N) is 1. The van der Waals surface area contributed by atoms with Crippen molar-refractivity contribution in [3.05, 3.63) is 53.6 Å². The van der Waals surface area contributed by atoms with Crippen molar-refractivity contribution in [2.24, 2.45) is 0 Å². The predicted molar refractivity (Wildman–Crippen MR) is 85.5 cm³/mol. The summed E-state index contributed by atoms with van der Waals surface area (Å²) >= 11 is 0. The highest BCUT2D eigenvalue weighted by Crippen LogP contribution is 2.19. The number of hydrogen-bond donors (Lipinski definition) is 2. The molecule has 0 saturated carbocycles. The lowest BCUT2D eigenvalue weighted by atomic mass is 10.2. The van der Waals surface area contributed by atoms with Crippen LogP contribution in [0.25, 0.3) is 0 Å². The molecular weight excluding hydrogens is 264 g/mol. The van der Waals surface area contributed by atoms with E-state index in [0.717, 1.165) is 16.9 Å². The first-order chi connectivity index (χ1) is 10.0. The van der Waals surface area contributed by atoms with Crippen molar-refractivity contribution < 1.29 is 9.53 Å². The first kappa shape index (κ1) is 14.9. The van der Waals surface area contributed by atoms with Gasteiger partial charge in [0.1, 0.15) is 5.75 Å². The molecule has 3 N–H and O–H groups in total. The van der Waals surface area contributed by atoms with E-state index in [-0.39, 0.29) is 12.3 Å². The number of carbonyl (C=O) groups excluding carboxylic acids is 1. The zero-order valence-corrected chi connectivity index (χ0v) is 12.3. The van der Waals surface area contributed by atoms with Crippen LogP contribution in [-0.4, -0.2) is 12.5 Å². The maximum absolute atomic E-state index is 11.9. The molecular formula is C17H20N2O2. The minimum Gasteiger partial charge on any atom is -0.493 e. The van der Waals surface area contributed by atoms with Gasteiger partial charge in [-0.3, -0.25) is 4.79 Å². The Balaban J connectivity index is 1.82. The standard InChI is InChI=1S/C17H20N2O2/c1-12-4-3-5-14(10-12)21-9-8-17(20)19-16-7-6-13(2)11-15(16)18/h3-7,10-11H,8-9,18H2,1-2H3,(H,19,20). The van der Waals surface area contributed by atoms with Gasteiger partial charge in [-0.2, -0.15) is 0 Å². The Kier molecular flexibility index (Phi) is 4.82. The highest BCUT2D eigenvalue weighted by atomic mass is 16.5. The highest BCUT2D eigenvalue weighted by molar-refractivity contribution is 5.93. The van der Waals surface area contributed by atoms with Gasteiger partial charge in [0, 0.05) is 0 Å². The summed E-state index contributed by atoms with van der Waals surface area (Å²) in [5.41, 5.74) is 9.26. The molecule has 4 nitrogen and oxygen atoms in total. The Morgan fingerprint density at radius 2 is 1.90 bits per heavy atom. The number of anilines is 2. The molecule has 0 aliphatic carbocycles. The van der Waals surface area contributed by atoms with Crippen LogP contribution in [0.1, 0.15) is 17.5 Å². The minimum atomic E-state index is -0.113. The minimum absolute atomic E-state index is 0.113. The summed E-state index contributed by atoms with van der Waals surface area (Å²) in [6, 6.07) is 13.3. The second-order valence-electron chi connectivity index (χ2n) is 5.05. The summed E-state index contributed by atoms with van der Waals surface area (Å²) < 4.78 is 5.55. The molecule has 0 bridgehead atoms. The van der Waals surface area contributed by atoms with Crippen molar-refractivity contribution in [2.45, 2.75) is 20.3 Å². The molecule has 0 aliphatic rings. The lowest BCUT2D eigenvalue weighted by molar-refractivity contribution is -0.116. The van der Waals surface area contributed by atoms with E-state index in [1.807, 2.05) is 56.3 Å². The van der Waals surface area contributed by atoms with E-state index in [1.54, 1.807) is 0 Å². The van der Waals surface area contributed by atoms with Gasteiger partial charge in [0.25, 0.3) is 0 Å². The number of nitrogen functional groups attached to an aromatic ring is 1. The third kappa shape index (κ3) is 4.53. The molecule has 0 aromatic heterocycles. The van der Waals surface area contributed by atoms with Crippen molar-refractivity contribution in [2.75, 3.05) is 17.7 Å². The third-order valence-electron chi connectivity index (χ3n) is 3.07. The number of aryl methyl sites for hydroxylation is 2. The Morgan fingerprint density at radius 1 is 1.14 bits per heavy atom. The Bertz CT molecular complexity index is 638. The molecule has 21 heavy (non-hydrogen) atoms. The van der Waals surface area contributed by atoms with Gasteiger partial charge in [0.15, 0.2) is 0 Å². The lowest BCUT2D eigenvalue weighted by Crippen LogP contribution is -2.16. The molecule has 0 fully saturated rings. The van der Waals surface area contributed by atoms with E-state index >= 15 is 0 Å². The van der Waals surface area contributed by atoms with Crippen LogP contribution >= 0.6 is 0 Å². The van der Waals surface area contributed by atoms with Gasteiger partial charge < -0.3 is 15.8 Å². The molecule has 0 radical (unpaired) electrons. The molecule has 0 heterocycles. The normalized spacial score (nSPS) is 10.2.